The zero-order valence-corrected chi connectivity index (χ0v) is 12.2. The Hall–Kier alpha value is -2.41. The molecule has 2 aromatic rings. The van der Waals surface area contributed by atoms with Gasteiger partial charge < -0.3 is 14.6 Å². The fourth-order valence-electron chi connectivity index (χ4n) is 2.00. The van der Waals surface area contributed by atoms with E-state index in [4.69, 9.17) is 0 Å². The van der Waals surface area contributed by atoms with Gasteiger partial charge in [-0.1, -0.05) is 0 Å². The molecular weight excluding hydrogens is 274 g/mol. The highest BCUT2D eigenvalue weighted by Crippen LogP contribution is 2.10. The molecule has 0 bridgehead atoms. The van der Waals surface area contributed by atoms with E-state index >= 15 is 0 Å². The Labute approximate surface area is 120 Å². The molecule has 0 fully saturated rings. The van der Waals surface area contributed by atoms with E-state index in [0.717, 1.165) is 4.57 Å². The summed E-state index contributed by atoms with van der Waals surface area (Å²) in [7, 11) is 5.00. The molecule has 1 aromatic carbocycles. The number of ether oxygens (including phenoxy) is 1. The SMILES string of the molecule is COC(=O)c1ccc2c(=O)n(CCN(C)C)c(=O)[nH]c2c1. The minimum absolute atomic E-state index is 0.283. The number of fused-ring (bicyclic) bond motifs is 1. The molecule has 0 saturated carbocycles. The zero-order valence-electron chi connectivity index (χ0n) is 12.2. The molecule has 0 aliphatic rings. The van der Waals surface area contributed by atoms with Crippen LogP contribution < -0.4 is 11.2 Å². The molecule has 1 aromatic heterocycles. The van der Waals surface area contributed by atoms with Crippen molar-refractivity contribution < 1.29 is 9.53 Å². The van der Waals surface area contributed by atoms with E-state index in [1.807, 2.05) is 19.0 Å². The number of nitrogens with one attached hydrogen (secondary N) is 1. The summed E-state index contributed by atoms with van der Waals surface area (Å²) < 4.78 is 5.77. The lowest BCUT2D eigenvalue weighted by Crippen LogP contribution is -2.37. The summed E-state index contributed by atoms with van der Waals surface area (Å²) in [6.07, 6.45) is 0. The second-order valence-electron chi connectivity index (χ2n) is 4.94. The van der Waals surface area contributed by atoms with Gasteiger partial charge in [0.15, 0.2) is 0 Å². The Kier molecular flexibility index (Phi) is 4.23. The molecule has 0 amide bonds. The van der Waals surface area contributed by atoms with Crippen LogP contribution in [0.25, 0.3) is 10.9 Å². The van der Waals surface area contributed by atoms with Gasteiger partial charge in [0.05, 0.1) is 23.6 Å². The molecule has 0 atom stereocenters. The molecule has 0 aliphatic carbocycles. The first-order valence-electron chi connectivity index (χ1n) is 6.44. The summed E-state index contributed by atoms with van der Waals surface area (Å²) in [5.74, 6) is -0.519. The van der Waals surface area contributed by atoms with Gasteiger partial charge in [-0.3, -0.25) is 9.36 Å². The van der Waals surface area contributed by atoms with Gasteiger partial charge in [0.25, 0.3) is 5.56 Å². The average Bonchev–Trinajstić information content (AvgIpc) is 2.45. The van der Waals surface area contributed by atoms with Crippen molar-refractivity contribution in [2.75, 3.05) is 27.7 Å². The van der Waals surface area contributed by atoms with Crippen LogP contribution in [0.4, 0.5) is 0 Å². The first-order valence-corrected chi connectivity index (χ1v) is 6.44. The maximum atomic E-state index is 12.3. The average molecular weight is 291 g/mol. The zero-order chi connectivity index (χ0) is 15.6. The summed E-state index contributed by atoms with van der Waals surface area (Å²) in [5, 5.41) is 0.362. The summed E-state index contributed by atoms with van der Waals surface area (Å²) in [6.45, 7) is 0.880. The maximum Gasteiger partial charge on any atom is 0.337 e. The molecule has 1 heterocycles. The normalized spacial score (nSPS) is 11.0. The van der Waals surface area contributed by atoms with Crippen LogP contribution >= 0.6 is 0 Å². The number of hydrogen-bond acceptors (Lipinski definition) is 5. The van der Waals surface area contributed by atoms with E-state index in [-0.39, 0.29) is 11.1 Å². The predicted molar refractivity (Wildman–Crippen MR) is 78.7 cm³/mol. The van der Waals surface area contributed by atoms with Gasteiger partial charge in [-0.2, -0.15) is 0 Å². The molecule has 112 valence electrons. The van der Waals surface area contributed by atoms with Crippen molar-refractivity contribution in [3.63, 3.8) is 0 Å². The van der Waals surface area contributed by atoms with Crippen molar-refractivity contribution in [3.8, 4) is 0 Å². The predicted octanol–water partition coefficient (Wildman–Crippen LogP) is 0.0380. The number of H-pyrrole nitrogens is 1. The van der Waals surface area contributed by atoms with Gasteiger partial charge in [0.1, 0.15) is 0 Å². The van der Waals surface area contributed by atoms with E-state index in [1.54, 1.807) is 0 Å². The van der Waals surface area contributed by atoms with E-state index < -0.39 is 11.7 Å². The Balaban J connectivity index is 2.55. The monoisotopic (exact) mass is 291 g/mol. The van der Waals surface area contributed by atoms with Gasteiger partial charge in [-0.25, -0.2) is 9.59 Å². The highest BCUT2D eigenvalue weighted by Gasteiger charge is 2.11. The topological polar surface area (TPSA) is 84.4 Å². The third kappa shape index (κ3) is 3.03. The molecule has 0 unspecified atom stereocenters. The van der Waals surface area contributed by atoms with Crippen molar-refractivity contribution in [2.45, 2.75) is 6.54 Å². The number of carbonyl (C=O) groups excluding carboxylic acids is 1. The largest absolute Gasteiger partial charge is 0.465 e. The number of carbonyl (C=O) groups is 1. The first-order chi connectivity index (χ1) is 9.93. The van der Waals surface area contributed by atoms with Gasteiger partial charge >= 0.3 is 11.7 Å². The minimum atomic E-state index is -0.519. The maximum absolute atomic E-state index is 12.3. The van der Waals surface area contributed by atoms with Crippen molar-refractivity contribution in [2.24, 2.45) is 0 Å². The lowest BCUT2D eigenvalue weighted by Gasteiger charge is -2.11. The minimum Gasteiger partial charge on any atom is -0.465 e. The number of aromatic nitrogens is 2. The highest BCUT2D eigenvalue weighted by molar-refractivity contribution is 5.93. The lowest BCUT2D eigenvalue weighted by molar-refractivity contribution is 0.0601. The van der Waals surface area contributed by atoms with Gasteiger partial charge in [-0.05, 0) is 32.3 Å². The molecule has 7 heteroatoms. The van der Waals surface area contributed by atoms with Gasteiger partial charge in [-0.15, -0.1) is 0 Å². The molecule has 2 rings (SSSR count). The number of esters is 1. The molecular formula is C14H17N3O4. The quantitative estimate of drug-likeness (QED) is 0.804. The molecule has 1 N–H and O–H groups in total. The smallest absolute Gasteiger partial charge is 0.337 e. The number of hydrogen-bond donors (Lipinski definition) is 1. The first kappa shape index (κ1) is 15.0. The Morgan fingerprint density at radius 3 is 2.67 bits per heavy atom. The van der Waals surface area contributed by atoms with Crippen molar-refractivity contribution in [1.29, 1.82) is 0 Å². The molecule has 0 saturated heterocycles. The fraction of sp³-hybridized carbons (Fsp3) is 0.357. The standard InChI is InChI=1S/C14H17N3O4/c1-16(2)6-7-17-12(18)10-5-4-9(13(19)21-3)8-11(10)15-14(17)20/h4-5,8H,6-7H2,1-3H3,(H,15,20). The summed E-state index contributed by atoms with van der Waals surface area (Å²) in [5.41, 5.74) is -0.247. The third-order valence-corrected chi connectivity index (χ3v) is 3.17. The number of likely N-dealkylation sites (N-methyl/N-ethyl adjacent to an activating group) is 1. The highest BCUT2D eigenvalue weighted by atomic mass is 16.5. The fourth-order valence-corrected chi connectivity index (χ4v) is 2.00. The van der Waals surface area contributed by atoms with Crippen LogP contribution in [0.2, 0.25) is 0 Å². The second kappa shape index (κ2) is 5.92. The summed E-state index contributed by atoms with van der Waals surface area (Å²) in [4.78, 5) is 40.3. The second-order valence-corrected chi connectivity index (χ2v) is 4.94. The third-order valence-electron chi connectivity index (χ3n) is 3.17. The lowest BCUT2D eigenvalue weighted by atomic mass is 10.1. The molecule has 21 heavy (non-hydrogen) atoms. The Bertz CT molecular complexity index is 789. The van der Waals surface area contributed by atoms with Crippen molar-refractivity contribution in [3.05, 3.63) is 44.6 Å². The van der Waals surface area contributed by atoms with Crippen LogP contribution in [0.5, 0.6) is 0 Å². The van der Waals surface area contributed by atoms with Crippen LogP contribution in [0.1, 0.15) is 10.4 Å². The Morgan fingerprint density at radius 2 is 2.05 bits per heavy atom. The van der Waals surface area contributed by atoms with Crippen LogP contribution in [0.15, 0.2) is 27.8 Å². The molecule has 0 spiro atoms. The van der Waals surface area contributed by atoms with Crippen LogP contribution in [-0.2, 0) is 11.3 Å². The van der Waals surface area contributed by atoms with Crippen LogP contribution in [0.3, 0.4) is 0 Å². The number of rotatable bonds is 4. The Morgan fingerprint density at radius 1 is 1.33 bits per heavy atom. The molecule has 0 aliphatic heterocycles. The molecule has 7 nitrogen and oxygen atoms in total. The van der Waals surface area contributed by atoms with Crippen LogP contribution in [-0.4, -0.2) is 48.2 Å². The van der Waals surface area contributed by atoms with Crippen molar-refractivity contribution in [1.82, 2.24) is 14.5 Å². The number of nitrogens with zero attached hydrogens (tertiary/aromatic N) is 2. The van der Waals surface area contributed by atoms with Crippen LogP contribution in [0, 0.1) is 0 Å². The number of methoxy groups -OCH3 is 1. The van der Waals surface area contributed by atoms with E-state index in [2.05, 4.69) is 9.72 Å². The van der Waals surface area contributed by atoms with Gasteiger partial charge in [0, 0.05) is 13.1 Å². The van der Waals surface area contributed by atoms with Crippen molar-refractivity contribution >= 4 is 16.9 Å². The summed E-state index contributed by atoms with van der Waals surface area (Å²) >= 11 is 0. The van der Waals surface area contributed by atoms with E-state index in [1.165, 1.54) is 25.3 Å². The summed E-state index contributed by atoms with van der Waals surface area (Å²) in [6, 6.07) is 4.47. The van der Waals surface area contributed by atoms with E-state index in [0.29, 0.717) is 24.0 Å². The molecule has 0 radical (unpaired) electrons. The number of aromatic amines is 1. The van der Waals surface area contributed by atoms with Gasteiger partial charge in [0.2, 0.25) is 0 Å². The number of benzene rings is 1. The van der Waals surface area contributed by atoms with E-state index in [9.17, 15) is 14.4 Å².